The molecule has 2 aliphatic carbocycles. The van der Waals surface area contributed by atoms with Crippen LogP contribution in [0.2, 0.25) is 0 Å². The molecule has 1 saturated heterocycles. The second-order valence-electron chi connectivity index (χ2n) is 9.91. The summed E-state index contributed by atoms with van der Waals surface area (Å²) in [6.07, 6.45) is 3.98. The van der Waals surface area contributed by atoms with Crippen molar-refractivity contribution >= 4 is 18.0 Å². The topological polar surface area (TPSA) is 95.9 Å². The lowest BCUT2D eigenvalue weighted by Crippen LogP contribution is -2.66. The number of carbonyl (C=O) groups is 3. The van der Waals surface area contributed by atoms with Gasteiger partial charge in [-0.15, -0.1) is 6.58 Å². The summed E-state index contributed by atoms with van der Waals surface area (Å²) in [5.41, 5.74) is 3.57. The number of fused-ring (bicyclic) bond motifs is 3. The van der Waals surface area contributed by atoms with Crippen LogP contribution in [0.25, 0.3) is 11.1 Å². The number of allylic oxidation sites excluding steroid dienone is 1. The van der Waals surface area contributed by atoms with Gasteiger partial charge in [0.05, 0.1) is 0 Å². The first-order valence-corrected chi connectivity index (χ1v) is 12.2. The minimum Gasteiger partial charge on any atom is -0.481 e. The minimum absolute atomic E-state index is 0.0437. The van der Waals surface area contributed by atoms with E-state index in [-0.39, 0.29) is 37.4 Å². The van der Waals surface area contributed by atoms with Gasteiger partial charge in [0.1, 0.15) is 18.1 Å². The van der Waals surface area contributed by atoms with Crippen molar-refractivity contribution in [1.82, 2.24) is 10.2 Å². The first kappa shape index (κ1) is 23.1. The molecule has 182 valence electrons. The van der Waals surface area contributed by atoms with Crippen LogP contribution in [0.1, 0.15) is 42.7 Å². The first-order chi connectivity index (χ1) is 16.9. The molecule has 2 fully saturated rings. The van der Waals surface area contributed by atoms with Crippen molar-refractivity contribution in [2.45, 2.75) is 37.6 Å². The Kier molecular flexibility index (Phi) is 6.09. The Hall–Kier alpha value is -3.61. The lowest BCUT2D eigenvalue weighted by molar-refractivity contribution is -0.167. The van der Waals surface area contributed by atoms with Crippen LogP contribution in [0.15, 0.2) is 61.2 Å². The van der Waals surface area contributed by atoms with Crippen LogP contribution in [0, 0.1) is 11.3 Å². The summed E-state index contributed by atoms with van der Waals surface area (Å²) in [6.45, 7) is 4.08. The molecular formula is C28H30N2O5. The molecule has 1 heterocycles. The number of nitrogens with one attached hydrogen (secondary N) is 1. The van der Waals surface area contributed by atoms with Gasteiger partial charge >= 0.3 is 12.1 Å². The van der Waals surface area contributed by atoms with E-state index in [0.29, 0.717) is 6.42 Å². The third kappa shape index (κ3) is 4.09. The number of aliphatic carboxylic acids is 1. The van der Waals surface area contributed by atoms with Crippen LogP contribution < -0.4 is 5.32 Å². The summed E-state index contributed by atoms with van der Waals surface area (Å²) in [6, 6.07) is 15.6. The van der Waals surface area contributed by atoms with E-state index in [1.807, 2.05) is 24.3 Å². The standard InChI is InChI=1S/C28H30N2O5/c1-2-14-28(26(32)33)16-30(17-28)25(31)24(18-8-7-9-18)29-27(34)35-15-23-21-12-5-3-10-19(21)20-11-4-6-13-22(20)23/h2-6,10-13,18,23-24H,1,7-9,14-17H2,(H,29,34)(H,32,33). The van der Waals surface area contributed by atoms with Crippen LogP contribution in [0.4, 0.5) is 4.79 Å². The van der Waals surface area contributed by atoms with E-state index < -0.39 is 23.5 Å². The zero-order valence-corrected chi connectivity index (χ0v) is 19.6. The van der Waals surface area contributed by atoms with E-state index in [2.05, 4.69) is 36.2 Å². The van der Waals surface area contributed by atoms with E-state index in [9.17, 15) is 19.5 Å². The van der Waals surface area contributed by atoms with Gasteiger partial charge in [0.25, 0.3) is 0 Å². The first-order valence-electron chi connectivity index (χ1n) is 12.2. The molecule has 0 bridgehead atoms. The summed E-state index contributed by atoms with van der Waals surface area (Å²) in [7, 11) is 0. The Morgan fingerprint density at radius 3 is 2.20 bits per heavy atom. The largest absolute Gasteiger partial charge is 0.481 e. The SMILES string of the molecule is C=CCC1(C(=O)O)CN(C(=O)C(NC(=O)OCC2c3ccccc3-c3ccccc32)C2CCC2)C1. The molecule has 0 radical (unpaired) electrons. The quantitative estimate of drug-likeness (QED) is 0.560. The fraction of sp³-hybridized carbons (Fsp3) is 0.393. The summed E-state index contributed by atoms with van der Waals surface area (Å²) < 4.78 is 5.66. The fourth-order valence-electron chi connectivity index (χ4n) is 5.59. The molecule has 1 aliphatic heterocycles. The van der Waals surface area contributed by atoms with Crippen molar-refractivity contribution in [2.24, 2.45) is 11.3 Å². The zero-order valence-electron chi connectivity index (χ0n) is 19.6. The average molecular weight is 475 g/mol. The molecule has 0 spiro atoms. The summed E-state index contributed by atoms with van der Waals surface area (Å²) in [4.78, 5) is 39.3. The molecule has 3 aliphatic rings. The van der Waals surface area contributed by atoms with Gasteiger partial charge in [-0.3, -0.25) is 9.59 Å². The van der Waals surface area contributed by atoms with Crippen molar-refractivity contribution in [3.8, 4) is 11.1 Å². The van der Waals surface area contributed by atoms with Crippen LogP contribution in [0.5, 0.6) is 0 Å². The van der Waals surface area contributed by atoms with Gasteiger partial charge in [0.2, 0.25) is 5.91 Å². The van der Waals surface area contributed by atoms with E-state index in [1.54, 1.807) is 6.08 Å². The number of carboxylic acid groups (broad SMARTS) is 1. The molecule has 1 unspecified atom stereocenters. The Balaban J connectivity index is 1.24. The zero-order chi connectivity index (χ0) is 24.6. The summed E-state index contributed by atoms with van der Waals surface area (Å²) in [5, 5.41) is 12.4. The molecule has 2 aromatic carbocycles. The Morgan fingerprint density at radius 1 is 1.09 bits per heavy atom. The average Bonchev–Trinajstić information content (AvgIpc) is 3.11. The lowest BCUT2D eigenvalue weighted by Gasteiger charge is -2.49. The molecule has 0 aromatic heterocycles. The Labute approximate surface area is 204 Å². The van der Waals surface area contributed by atoms with E-state index in [1.165, 1.54) is 4.90 Å². The number of likely N-dealkylation sites (tertiary alicyclic amines) is 1. The van der Waals surface area contributed by atoms with E-state index in [4.69, 9.17) is 4.74 Å². The molecule has 2 aromatic rings. The molecule has 1 atom stereocenters. The van der Waals surface area contributed by atoms with Crippen molar-refractivity contribution < 1.29 is 24.2 Å². The van der Waals surface area contributed by atoms with Gasteiger partial charge in [-0.2, -0.15) is 0 Å². The van der Waals surface area contributed by atoms with Gasteiger partial charge in [-0.05, 0) is 47.4 Å². The highest BCUT2D eigenvalue weighted by atomic mass is 16.5. The van der Waals surface area contributed by atoms with Crippen molar-refractivity contribution in [1.29, 1.82) is 0 Å². The Morgan fingerprint density at radius 2 is 1.69 bits per heavy atom. The molecule has 2 N–H and O–H groups in total. The lowest BCUT2D eigenvalue weighted by atomic mass is 9.74. The van der Waals surface area contributed by atoms with E-state index in [0.717, 1.165) is 41.5 Å². The van der Waals surface area contributed by atoms with Crippen molar-refractivity contribution in [3.63, 3.8) is 0 Å². The maximum atomic E-state index is 13.2. The molecule has 1 saturated carbocycles. The number of hydrogen-bond acceptors (Lipinski definition) is 4. The number of ether oxygens (including phenoxy) is 1. The van der Waals surface area contributed by atoms with Gasteiger partial charge in [0.15, 0.2) is 0 Å². The monoisotopic (exact) mass is 474 g/mol. The molecule has 5 rings (SSSR count). The predicted molar refractivity (Wildman–Crippen MR) is 131 cm³/mol. The molecule has 2 amide bonds. The minimum atomic E-state index is -0.981. The van der Waals surface area contributed by atoms with Crippen LogP contribution >= 0.6 is 0 Å². The van der Waals surface area contributed by atoms with E-state index >= 15 is 0 Å². The van der Waals surface area contributed by atoms with Crippen LogP contribution in [0.3, 0.4) is 0 Å². The fourth-order valence-corrected chi connectivity index (χ4v) is 5.59. The number of carboxylic acids is 1. The summed E-state index contributed by atoms with van der Waals surface area (Å²) >= 11 is 0. The number of hydrogen-bond donors (Lipinski definition) is 2. The molecule has 7 heteroatoms. The predicted octanol–water partition coefficient (Wildman–Crippen LogP) is 4.18. The van der Waals surface area contributed by atoms with Crippen molar-refractivity contribution in [3.05, 3.63) is 72.3 Å². The molecule has 7 nitrogen and oxygen atoms in total. The smallest absolute Gasteiger partial charge is 0.407 e. The van der Waals surface area contributed by atoms with Gasteiger partial charge in [-0.1, -0.05) is 61.0 Å². The highest BCUT2D eigenvalue weighted by Crippen LogP contribution is 2.44. The second kappa shape index (κ2) is 9.21. The maximum Gasteiger partial charge on any atom is 0.407 e. The number of benzene rings is 2. The number of carbonyl (C=O) groups excluding carboxylic acids is 2. The normalized spacial score (nSPS) is 18.9. The molecular weight excluding hydrogens is 444 g/mol. The third-order valence-electron chi connectivity index (χ3n) is 7.79. The highest BCUT2D eigenvalue weighted by molar-refractivity contribution is 5.89. The third-order valence-corrected chi connectivity index (χ3v) is 7.79. The highest BCUT2D eigenvalue weighted by Gasteiger charge is 2.52. The second-order valence-corrected chi connectivity index (χ2v) is 9.91. The van der Waals surface area contributed by atoms with Crippen molar-refractivity contribution in [2.75, 3.05) is 19.7 Å². The molecule has 35 heavy (non-hydrogen) atoms. The maximum absolute atomic E-state index is 13.2. The Bertz CT molecular complexity index is 1120. The van der Waals surface area contributed by atoms with Crippen LogP contribution in [-0.4, -0.2) is 53.7 Å². The number of nitrogens with zero attached hydrogens (tertiary/aromatic N) is 1. The number of rotatable bonds is 8. The van der Waals surface area contributed by atoms with Gasteiger partial charge < -0.3 is 20.1 Å². The van der Waals surface area contributed by atoms with Gasteiger partial charge in [0, 0.05) is 19.0 Å². The summed E-state index contributed by atoms with van der Waals surface area (Å²) in [5.74, 6) is -1.17. The van der Waals surface area contributed by atoms with Crippen LogP contribution in [-0.2, 0) is 14.3 Å². The number of amides is 2. The number of alkyl carbamates (subject to hydrolysis) is 1. The van der Waals surface area contributed by atoms with Gasteiger partial charge in [-0.25, -0.2) is 4.79 Å².